The molecule has 1 heterocycles. The van der Waals surface area contributed by atoms with Crippen LogP contribution in [0.4, 0.5) is 0 Å². The van der Waals surface area contributed by atoms with Crippen molar-refractivity contribution in [1.29, 1.82) is 0 Å². The zero-order valence-corrected chi connectivity index (χ0v) is 14.5. The molecule has 1 saturated heterocycles. The molecular weight excluding hydrogens is 312 g/mol. The Morgan fingerprint density at radius 3 is 2.46 bits per heavy atom. The molecule has 0 unspecified atom stereocenters. The SMILES string of the molecule is CC[C@H]1O[C@@H]([C@@H](O)/C=C/[C@@H](O)CCCCCCCC(=O)O)C[C@@H]1O. The van der Waals surface area contributed by atoms with Gasteiger partial charge in [-0.1, -0.05) is 44.8 Å². The molecule has 0 bridgehead atoms. The molecule has 0 aliphatic carbocycles. The molecule has 6 nitrogen and oxygen atoms in total. The Hall–Kier alpha value is -0.950. The third-order valence-corrected chi connectivity index (χ3v) is 4.46. The van der Waals surface area contributed by atoms with Crippen molar-refractivity contribution in [2.75, 3.05) is 0 Å². The molecule has 1 aliphatic rings. The van der Waals surface area contributed by atoms with Gasteiger partial charge in [-0.15, -0.1) is 0 Å². The number of hydrogen-bond acceptors (Lipinski definition) is 5. The fourth-order valence-electron chi connectivity index (χ4n) is 2.97. The maximum absolute atomic E-state index is 10.4. The summed E-state index contributed by atoms with van der Waals surface area (Å²) < 4.78 is 5.60. The number of unbranched alkanes of at least 4 members (excludes halogenated alkanes) is 4. The quantitative estimate of drug-likeness (QED) is 0.319. The van der Waals surface area contributed by atoms with Gasteiger partial charge in [0.25, 0.3) is 0 Å². The molecule has 24 heavy (non-hydrogen) atoms. The van der Waals surface area contributed by atoms with E-state index in [2.05, 4.69) is 0 Å². The fraction of sp³-hybridized carbons (Fsp3) is 0.833. The monoisotopic (exact) mass is 344 g/mol. The number of aliphatic hydroxyl groups is 3. The van der Waals surface area contributed by atoms with E-state index in [0.29, 0.717) is 25.7 Å². The van der Waals surface area contributed by atoms with Crippen LogP contribution in [-0.4, -0.2) is 56.9 Å². The summed E-state index contributed by atoms with van der Waals surface area (Å²) >= 11 is 0. The lowest BCUT2D eigenvalue weighted by Crippen LogP contribution is -2.24. The van der Waals surface area contributed by atoms with Crippen LogP contribution in [0, 0.1) is 0 Å². The third kappa shape index (κ3) is 8.24. The summed E-state index contributed by atoms with van der Waals surface area (Å²) in [5.74, 6) is -0.752. The average molecular weight is 344 g/mol. The van der Waals surface area contributed by atoms with Crippen molar-refractivity contribution in [3.8, 4) is 0 Å². The minimum atomic E-state index is -0.818. The van der Waals surface area contributed by atoms with Gasteiger partial charge in [0.05, 0.1) is 30.5 Å². The van der Waals surface area contributed by atoms with Gasteiger partial charge in [-0.2, -0.15) is 0 Å². The molecule has 5 atom stereocenters. The van der Waals surface area contributed by atoms with E-state index in [-0.39, 0.29) is 12.5 Å². The summed E-state index contributed by atoms with van der Waals surface area (Å²) in [7, 11) is 0. The third-order valence-electron chi connectivity index (χ3n) is 4.46. The second-order valence-electron chi connectivity index (χ2n) is 6.57. The number of aliphatic carboxylic acids is 1. The van der Waals surface area contributed by atoms with Gasteiger partial charge in [-0.25, -0.2) is 0 Å². The van der Waals surface area contributed by atoms with Gasteiger partial charge in [-0.05, 0) is 19.3 Å². The van der Waals surface area contributed by atoms with E-state index in [1.807, 2.05) is 6.92 Å². The Morgan fingerprint density at radius 2 is 1.83 bits per heavy atom. The van der Waals surface area contributed by atoms with Gasteiger partial charge in [0.15, 0.2) is 0 Å². The van der Waals surface area contributed by atoms with E-state index in [1.165, 1.54) is 0 Å². The average Bonchev–Trinajstić information content (AvgIpc) is 2.92. The molecule has 1 rings (SSSR count). The summed E-state index contributed by atoms with van der Waals surface area (Å²) in [5.41, 5.74) is 0. The Bertz CT molecular complexity index is 384. The number of aliphatic hydroxyl groups excluding tert-OH is 3. The maximum atomic E-state index is 10.4. The van der Waals surface area contributed by atoms with Crippen LogP contribution in [0.15, 0.2) is 12.2 Å². The van der Waals surface area contributed by atoms with Crippen LogP contribution in [-0.2, 0) is 9.53 Å². The van der Waals surface area contributed by atoms with Crippen LogP contribution >= 0.6 is 0 Å². The van der Waals surface area contributed by atoms with E-state index < -0.39 is 30.4 Å². The van der Waals surface area contributed by atoms with Crippen molar-refractivity contribution in [1.82, 2.24) is 0 Å². The van der Waals surface area contributed by atoms with Gasteiger partial charge in [0.1, 0.15) is 0 Å². The van der Waals surface area contributed by atoms with Gasteiger partial charge < -0.3 is 25.2 Å². The Kier molecular flexibility index (Phi) is 10.2. The zero-order chi connectivity index (χ0) is 17.9. The molecule has 0 aromatic carbocycles. The number of carbonyl (C=O) groups is 1. The molecule has 1 aliphatic heterocycles. The molecule has 6 heteroatoms. The van der Waals surface area contributed by atoms with Crippen LogP contribution in [0.25, 0.3) is 0 Å². The second kappa shape index (κ2) is 11.6. The van der Waals surface area contributed by atoms with Gasteiger partial charge in [0, 0.05) is 12.8 Å². The number of carboxylic acid groups (broad SMARTS) is 1. The number of carboxylic acids is 1. The van der Waals surface area contributed by atoms with Gasteiger partial charge in [0.2, 0.25) is 0 Å². The highest BCUT2D eigenvalue weighted by molar-refractivity contribution is 5.66. The Morgan fingerprint density at radius 1 is 1.17 bits per heavy atom. The molecule has 140 valence electrons. The van der Waals surface area contributed by atoms with E-state index in [9.17, 15) is 20.1 Å². The molecule has 1 fully saturated rings. The minimum Gasteiger partial charge on any atom is -0.481 e. The molecule has 0 radical (unpaired) electrons. The first-order chi connectivity index (χ1) is 11.4. The van der Waals surface area contributed by atoms with E-state index >= 15 is 0 Å². The van der Waals surface area contributed by atoms with E-state index in [0.717, 1.165) is 25.7 Å². The standard InChI is InChI=1S/C18H32O6/c1-2-16-15(21)12-17(24-16)14(20)11-10-13(19)8-6-4-3-5-7-9-18(22)23/h10-11,13-17,19-21H,2-9,12H2,1H3,(H,22,23)/b11-10+/t13-,14-,15-,16+,17+/m0/s1. The highest BCUT2D eigenvalue weighted by Crippen LogP contribution is 2.25. The van der Waals surface area contributed by atoms with Crippen molar-refractivity contribution in [2.24, 2.45) is 0 Å². The Balaban J connectivity index is 2.12. The lowest BCUT2D eigenvalue weighted by molar-refractivity contribution is -0.137. The minimum absolute atomic E-state index is 0.218. The van der Waals surface area contributed by atoms with Crippen LogP contribution in [0.5, 0.6) is 0 Å². The van der Waals surface area contributed by atoms with Crippen molar-refractivity contribution in [2.45, 2.75) is 95.2 Å². The van der Waals surface area contributed by atoms with Gasteiger partial charge in [-0.3, -0.25) is 4.79 Å². The van der Waals surface area contributed by atoms with Crippen LogP contribution in [0.1, 0.15) is 64.7 Å². The first-order valence-electron chi connectivity index (χ1n) is 9.03. The highest BCUT2D eigenvalue weighted by Gasteiger charge is 2.35. The Labute approximate surface area is 144 Å². The molecular formula is C18H32O6. The van der Waals surface area contributed by atoms with Crippen molar-refractivity contribution < 1.29 is 30.0 Å². The van der Waals surface area contributed by atoms with Crippen molar-refractivity contribution in [3.63, 3.8) is 0 Å². The molecule has 0 amide bonds. The molecule has 4 N–H and O–H groups in total. The predicted octanol–water partition coefficient (Wildman–Crippen LogP) is 2.01. The van der Waals surface area contributed by atoms with Crippen LogP contribution < -0.4 is 0 Å². The van der Waals surface area contributed by atoms with Crippen LogP contribution in [0.2, 0.25) is 0 Å². The molecule has 0 aromatic rings. The van der Waals surface area contributed by atoms with Crippen molar-refractivity contribution in [3.05, 3.63) is 12.2 Å². The second-order valence-corrected chi connectivity index (χ2v) is 6.57. The summed E-state index contributed by atoms with van der Waals surface area (Å²) in [5, 5.41) is 38.3. The lowest BCUT2D eigenvalue weighted by atomic mass is 10.0. The first-order valence-corrected chi connectivity index (χ1v) is 9.03. The number of rotatable bonds is 12. The molecule has 0 aromatic heterocycles. The number of ether oxygens (including phenoxy) is 1. The topological polar surface area (TPSA) is 107 Å². The first kappa shape index (κ1) is 21.1. The number of hydrogen-bond donors (Lipinski definition) is 4. The summed E-state index contributed by atoms with van der Waals surface area (Å²) in [4.78, 5) is 10.4. The van der Waals surface area contributed by atoms with E-state index in [4.69, 9.17) is 9.84 Å². The smallest absolute Gasteiger partial charge is 0.303 e. The zero-order valence-electron chi connectivity index (χ0n) is 14.5. The summed E-state index contributed by atoms with van der Waals surface area (Å²) in [6.07, 6.45) is 6.92. The highest BCUT2D eigenvalue weighted by atomic mass is 16.5. The van der Waals surface area contributed by atoms with E-state index in [1.54, 1.807) is 12.2 Å². The summed E-state index contributed by atoms with van der Waals surface area (Å²) in [6.45, 7) is 1.93. The van der Waals surface area contributed by atoms with Crippen LogP contribution in [0.3, 0.4) is 0 Å². The lowest BCUT2D eigenvalue weighted by Gasteiger charge is -2.16. The molecule has 0 saturated carbocycles. The molecule has 0 spiro atoms. The fourth-order valence-corrected chi connectivity index (χ4v) is 2.97. The normalized spacial score (nSPS) is 26.8. The van der Waals surface area contributed by atoms with Crippen molar-refractivity contribution >= 4 is 5.97 Å². The summed E-state index contributed by atoms with van der Waals surface area (Å²) in [6, 6.07) is 0. The maximum Gasteiger partial charge on any atom is 0.303 e. The largest absolute Gasteiger partial charge is 0.481 e. The van der Waals surface area contributed by atoms with Gasteiger partial charge >= 0.3 is 5.97 Å². The predicted molar refractivity (Wildman–Crippen MR) is 90.7 cm³/mol.